The summed E-state index contributed by atoms with van der Waals surface area (Å²) in [5.74, 6) is 0. The van der Waals surface area contributed by atoms with Crippen LogP contribution in [-0.2, 0) is 5.09 Å². The summed E-state index contributed by atoms with van der Waals surface area (Å²) in [5, 5.41) is 1.14. The van der Waals surface area contributed by atoms with E-state index in [-0.39, 0.29) is 0 Å². The first kappa shape index (κ1) is 22.7. The number of hydrogen-bond donors (Lipinski definition) is 0. The first-order chi connectivity index (χ1) is 12.3. The average molecular weight is 338 g/mol. The van der Waals surface area contributed by atoms with Crippen molar-refractivity contribution in [3.05, 3.63) is 29.8 Å². The molecule has 138 valence electrons. The van der Waals surface area contributed by atoms with E-state index < -0.39 is 0 Å². The standard InChI is InChI=1S/C23H40N.Li/c1-4-6-8-10-12-16-20-24(21-17-13-11-9-7-5-2)23-19-15-14-18-22(23)3;/h14-15,18-19H,3-13,16-17,20-21H2,1-2H3;. The summed E-state index contributed by atoms with van der Waals surface area (Å²) in [6.07, 6.45) is 16.6. The SMILES string of the molecule is [Li][CH2]c1ccccc1N(CCCCCCCC)CCCCCCCC. The molecule has 0 heterocycles. The fourth-order valence-corrected chi connectivity index (χ4v) is 3.64. The molecule has 1 rings (SSSR count). The number of unbranched alkanes of at least 4 members (excludes halogenated alkanes) is 10. The van der Waals surface area contributed by atoms with Gasteiger partial charge in [0.15, 0.2) is 0 Å². The van der Waals surface area contributed by atoms with Crippen LogP contribution in [0.1, 0.15) is 96.5 Å². The fourth-order valence-electron chi connectivity index (χ4n) is 3.64. The number of para-hydroxylation sites is 1. The summed E-state index contributed by atoms with van der Waals surface area (Å²) in [4.78, 5) is 2.68. The van der Waals surface area contributed by atoms with Crippen LogP contribution in [0.2, 0.25) is 0 Å². The molecule has 0 aliphatic heterocycles. The minimum absolute atomic E-state index is 1.14. The second-order valence-electron chi connectivity index (χ2n) is 7.50. The summed E-state index contributed by atoms with van der Waals surface area (Å²) in [5.41, 5.74) is 3.01. The first-order valence-electron chi connectivity index (χ1n) is 11.2. The molecule has 1 nitrogen and oxygen atoms in total. The van der Waals surface area contributed by atoms with Crippen molar-refractivity contribution in [3.8, 4) is 0 Å². The molecule has 1 aromatic rings. The summed E-state index contributed by atoms with van der Waals surface area (Å²) in [6, 6.07) is 9.05. The van der Waals surface area contributed by atoms with Gasteiger partial charge in [0.1, 0.15) is 0 Å². The van der Waals surface area contributed by atoms with E-state index in [0.29, 0.717) is 0 Å². The molecule has 0 aromatic heterocycles. The normalized spacial score (nSPS) is 11.0. The van der Waals surface area contributed by atoms with Crippen molar-refractivity contribution in [1.82, 2.24) is 0 Å². The van der Waals surface area contributed by atoms with Crippen LogP contribution in [0.25, 0.3) is 0 Å². The van der Waals surface area contributed by atoms with E-state index >= 15 is 0 Å². The maximum absolute atomic E-state index is 2.68. The van der Waals surface area contributed by atoms with Crippen molar-refractivity contribution in [3.63, 3.8) is 0 Å². The average Bonchev–Trinajstić information content (AvgIpc) is 2.65. The monoisotopic (exact) mass is 337 g/mol. The fraction of sp³-hybridized carbons (Fsp3) is 0.739. The molecule has 0 bridgehead atoms. The van der Waals surface area contributed by atoms with Gasteiger partial charge >= 0.3 is 167 Å². The molecule has 25 heavy (non-hydrogen) atoms. The number of benzene rings is 1. The van der Waals surface area contributed by atoms with Crippen LogP contribution in [0, 0.1) is 0 Å². The van der Waals surface area contributed by atoms with E-state index in [1.165, 1.54) is 101 Å². The van der Waals surface area contributed by atoms with E-state index in [1.807, 2.05) is 0 Å². The van der Waals surface area contributed by atoms with Gasteiger partial charge in [0, 0.05) is 0 Å². The number of rotatable bonds is 16. The summed E-state index contributed by atoms with van der Waals surface area (Å²) in [6.45, 7) is 7.06. The molecule has 0 unspecified atom stereocenters. The Bertz CT molecular complexity index is 402. The van der Waals surface area contributed by atoms with Crippen molar-refractivity contribution in [1.29, 1.82) is 0 Å². The molecular weight excluding hydrogens is 297 g/mol. The molecule has 0 aliphatic carbocycles. The Morgan fingerprint density at radius 2 is 1.16 bits per heavy atom. The summed E-state index contributed by atoms with van der Waals surface area (Å²) >= 11 is 2.28. The van der Waals surface area contributed by atoms with E-state index in [4.69, 9.17) is 0 Å². The van der Waals surface area contributed by atoms with Gasteiger partial charge in [-0.3, -0.25) is 0 Å². The molecule has 0 spiro atoms. The van der Waals surface area contributed by atoms with Gasteiger partial charge < -0.3 is 0 Å². The quantitative estimate of drug-likeness (QED) is 0.235. The zero-order chi connectivity index (χ0) is 18.2. The van der Waals surface area contributed by atoms with Gasteiger partial charge in [-0.25, -0.2) is 0 Å². The number of anilines is 1. The summed E-state index contributed by atoms with van der Waals surface area (Å²) in [7, 11) is 0. The van der Waals surface area contributed by atoms with Crippen LogP contribution < -0.4 is 4.90 Å². The summed E-state index contributed by atoms with van der Waals surface area (Å²) < 4.78 is 0. The van der Waals surface area contributed by atoms with Crippen LogP contribution in [0.5, 0.6) is 0 Å². The predicted molar refractivity (Wildman–Crippen MR) is 115 cm³/mol. The zero-order valence-electron chi connectivity index (χ0n) is 17.4. The third-order valence-electron chi connectivity index (χ3n) is 5.28. The Morgan fingerprint density at radius 1 is 0.680 bits per heavy atom. The maximum atomic E-state index is 2.68. The molecule has 0 fully saturated rings. The van der Waals surface area contributed by atoms with Gasteiger partial charge in [-0.15, -0.1) is 0 Å². The molecule has 0 saturated carbocycles. The third-order valence-corrected chi connectivity index (χ3v) is 5.28. The Labute approximate surface area is 167 Å². The Kier molecular flexibility index (Phi) is 14.4. The Balaban J connectivity index is 2.46. The Hall–Kier alpha value is -0.383. The van der Waals surface area contributed by atoms with Crippen LogP contribution in [0.4, 0.5) is 5.69 Å². The van der Waals surface area contributed by atoms with Gasteiger partial charge in [-0.2, -0.15) is 0 Å². The van der Waals surface area contributed by atoms with E-state index in [9.17, 15) is 0 Å². The van der Waals surface area contributed by atoms with Crippen molar-refractivity contribution >= 4 is 23.4 Å². The molecule has 0 radical (unpaired) electrons. The van der Waals surface area contributed by atoms with Gasteiger partial charge in [-0.05, 0) is 0 Å². The van der Waals surface area contributed by atoms with Crippen molar-refractivity contribution in [2.75, 3.05) is 18.0 Å². The molecule has 0 N–H and O–H groups in total. The molecular formula is C23H40LiN. The predicted octanol–water partition coefficient (Wildman–Crippen LogP) is 6.88. The van der Waals surface area contributed by atoms with Gasteiger partial charge in [-0.1, -0.05) is 0 Å². The van der Waals surface area contributed by atoms with Crippen LogP contribution in [0.3, 0.4) is 0 Å². The molecule has 0 amide bonds. The van der Waals surface area contributed by atoms with E-state index in [1.54, 1.807) is 0 Å². The van der Waals surface area contributed by atoms with Crippen LogP contribution in [-0.4, -0.2) is 30.8 Å². The minimum atomic E-state index is 1.14. The number of hydrogen-bond acceptors (Lipinski definition) is 1. The molecule has 0 atom stereocenters. The van der Waals surface area contributed by atoms with Crippen LogP contribution in [0.15, 0.2) is 24.3 Å². The van der Waals surface area contributed by atoms with Gasteiger partial charge in [0.25, 0.3) is 0 Å². The van der Waals surface area contributed by atoms with Crippen molar-refractivity contribution in [2.24, 2.45) is 0 Å². The first-order valence-corrected chi connectivity index (χ1v) is 11.2. The molecule has 0 saturated heterocycles. The third kappa shape index (κ3) is 10.4. The van der Waals surface area contributed by atoms with Crippen molar-refractivity contribution < 1.29 is 0 Å². The second kappa shape index (κ2) is 15.8. The zero-order valence-corrected chi connectivity index (χ0v) is 17.4. The van der Waals surface area contributed by atoms with E-state index in [0.717, 1.165) is 5.09 Å². The van der Waals surface area contributed by atoms with Gasteiger partial charge in [0.2, 0.25) is 0 Å². The Morgan fingerprint density at radius 3 is 1.68 bits per heavy atom. The van der Waals surface area contributed by atoms with Crippen LogP contribution >= 0.6 is 0 Å². The number of nitrogens with zero attached hydrogens (tertiary/aromatic N) is 1. The van der Waals surface area contributed by atoms with Crippen molar-refractivity contribution in [2.45, 2.75) is 96.0 Å². The molecule has 0 aliphatic rings. The molecule has 1 aromatic carbocycles. The topological polar surface area (TPSA) is 3.24 Å². The van der Waals surface area contributed by atoms with Gasteiger partial charge in [0.05, 0.1) is 0 Å². The van der Waals surface area contributed by atoms with E-state index in [2.05, 4.69) is 60.7 Å². The second-order valence-corrected chi connectivity index (χ2v) is 7.50. The molecule has 2 heteroatoms.